The fourth-order valence-corrected chi connectivity index (χ4v) is 2.01. The van der Waals surface area contributed by atoms with Gasteiger partial charge in [0.05, 0.1) is 5.56 Å². The summed E-state index contributed by atoms with van der Waals surface area (Å²) in [6, 6.07) is 12.0. The Bertz CT molecular complexity index is 675. The average molecular weight is 303 g/mol. The van der Waals surface area contributed by atoms with Crippen LogP contribution in [0.15, 0.2) is 42.5 Å². The minimum Gasteiger partial charge on any atom is -0.454 e. The molecule has 0 aromatic heterocycles. The number of hydrogen-bond donors (Lipinski definition) is 0. The molecule has 0 atom stereocenters. The van der Waals surface area contributed by atoms with Crippen molar-refractivity contribution in [1.82, 2.24) is 0 Å². The van der Waals surface area contributed by atoms with E-state index in [9.17, 15) is 9.59 Å². The summed E-state index contributed by atoms with van der Waals surface area (Å²) in [5.41, 5.74) is 2.74. The molecule has 0 saturated heterocycles. The number of aryl methyl sites for hydroxylation is 2. The summed E-state index contributed by atoms with van der Waals surface area (Å²) in [6.07, 6.45) is 0. The number of esters is 1. The van der Waals surface area contributed by atoms with Gasteiger partial charge in [-0.25, -0.2) is 4.79 Å². The molecule has 2 aromatic carbocycles. The fraction of sp³-hybridized carbons (Fsp3) is 0.176. The van der Waals surface area contributed by atoms with E-state index in [0.29, 0.717) is 16.1 Å². The molecule has 2 aromatic rings. The third kappa shape index (κ3) is 3.92. The number of rotatable bonds is 4. The van der Waals surface area contributed by atoms with Crippen LogP contribution in [0.2, 0.25) is 5.02 Å². The van der Waals surface area contributed by atoms with Crippen molar-refractivity contribution in [3.63, 3.8) is 0 Å². The van der Waals surface area contributed by atoms with Crippen LogP contribution in [0.5, 0.6) is 0 Å². The Balaban J connectivity index is 2.02. The Morgan fingerprint density at radius 2 is 1.71 bits per heavy atom. The van der Waals surface area contributed by atoms with Crippen molar-refractivity contribution in [2.75, 3.05) is 6.61 Å². The number of ketones is 1. The minimum atomic E-state index is -0.487. The molecule has 0 aliphatic heterocycles. The monoisotopic (exact) mass is 302 g/mol. The first kappa shape index (κ1) is 15.3. The number of carbonyl (C=O) groups is 2. The highest BCUT2D eigenvalue weighted by atomic mass is 35.5. The Hall–Kier alpha value is -2.13. The summed E-state index contributed by atoms with van der Waals surface area (Å²) in [6.45, 7) is 3.44. The van der Waals surface area contributed by atoms with Gasteiger partial charge in [0.15, 0.2) is 12.4 Å². The predicted octanol–water partition coefficient (Wildman–Crippen LogP) is 4.00. The normalized spacial score (nSPS) is 10.2. The van der Waals surface area contributed by atoms with Gasteiger partial charge in [0, 0.05) is 10.6 Å². The lowest BCUT2D eigenvalue weighted by atomic mass is 10.1. The van der Waals surface area contributed by atoms with Crippen LogP contribution in [0.4, 0.5) is 0 Å². The zero-order chi connectivity index (χ0) is 15.4. The standard InChI is InChI=1S/C17H15ClO3/c1-11-3-4-12(2)15(9-11)17(20)21-10-16(19)13-5-7-14(18)8-6-13/h3-9H,10H2,1-2H3. The van der Waals surface area contributed by atoms with Gasteiger partial charge in [0.25, 0.3) is 0 Å². The van der Waals surface area contributed by atoms with Crippen molar-refractivity contribution in [1.29, 1.82) is 0 Å². The van der Waals surface area contributed by atoms with Crippen molar-refractivity contribution in [3.05, 3.63) is 69.7 Å². The number of halogens is 1. The average Bonchev–Trinajstić information content (AvgIpc) is 2.47. The number of ether oxygens (including phenoxy) is 1. The molecule has 3 nitrogen and oxygen atoms in total. The van der Waals surface area contributed by atoms with Gasteiger partial charge in [-0.05, 0) is 49.7 Å². The second kappa shape index (κ2) is 6.55. The third-order valence-electron chi connectivity index (χ3n) is 3.11. The molecule has 0 bridgehead atoms. The van der Waals surface area contributed by atoms with Gasteiger partial charge in [-0.2, -0.15) is 0 Å². The number of benzene rings is 2. The number of Topliss-reactive ketones (excluding diaryl/α,β-unsaturated/α-hetero) is 1. The molecule has 21 heavy (non-hydrogen) atoms. The number of carbonyl (C=O) groups excluding carboxylic acids is 2. The van der Waals surface area contributed by atoms with Crippen LogP contribution >= 0.6 is 11.6 Å². The smallest absolute Gasteiger partial charge is 0.338 e. The lowest BCUT2D eigenvalue weighted by molar-refractivity contribution is 0.0474. The summed E-state index contributed by atoms with van der Waals surface area (Å²) in [5.74, 6) is -0.746. The molecular formula is C17H15ClO3. The zero-order valence-corrected chi connectivity index (χ0v) is 12.6. The molecule has 0 unspecified atom stereocenters. The second-order valence-electron chi connectivity index (χ2n) is 4.82. The second-order valence-corrected chi connectivity index (χ2v) is 5.26. The summed E-state index contributed by atoms with van der Waals surface area (Å²) in [4.78, 5) is 23.9. The first-order chi connectivity index (χ1) is 9.97. The van der Waals surface area contributed by atoms with Crippen molar-refractivity contribution in [3.8, 4) is 0 Å². The molecule has 0 saturated carbocycles. The molecule has 0 heterocycles. The maximum absolute atomic E-state index is 12.0. The quantitative estimate of drug-likeness (QED) is 0.633. The van der Waals surface area contributed by atoms with Gasteiger partial charge in [-0.15, -0.1) is 0 Å². The van der Waals surface area contributed by atoms with Gasteiger partial charge in [0.2, 0.25) is 0 Å². The van der Waals surface area contributed by atoms with E-state index >= 15 is 0 Å². The van der Waals surface area contributed by atoms with E-state index in [0.717, 1.165) is 11.1 Å². The fourth-order valence-electron chi connectivity index (χ4n) is 1.88. The van der Waals surface area contributed by atoms with E-state index in [-0.39, 0.29) is 12.4 Å². The largest absolute Gasteiger partial charge is 0.454 e. The maximum atomic E-state index is 12.0. The van der Waals surface area contributed by atoms with Crippen molar-refractivity contribution in [2.24, 2.45) is 0 Å². The van der Waals surface area contributed by atoms with E-state index in [4.69, 9.17) is 16.3 Å². The van der Waals surface area contributed by atoms with Crippen molar-refractivity contribution >= 4 is 23.4 Å². The van der Waals surface area contributed by atoms with Gasteiger partial charge in [0.1, 0.15) is 0 Å². The molecule has 0 spiro atoms. The Morgan fingerprint density at radius 3 is 2.38 bits per heavy atom. The summed E-state index contributed by atoms with van der Waals surface area (Å²) >= 11 is 5.76. The molecule has 108 valence electrons. The van der Waals surface area contributed by atoms with Crippen molar-refractivity contribution in [2.45, 2.75) is 13.8 Å². The van der Waals surface area contributed by atoms with E-state index in [1.807, 2.05) is 26.0 Å². The first-order valence-electron chi connectivity index (χ1n) is 6.50. The van der Waals surface area contributed by atoms with Crippen LogP contribution in [0.3, 0.4) is 0 Å². The molecule has 0 N–H and O–H groups in total. The molecule has 0 radical (unpaired) electrons. The van der Waals surface area contributed by atoms with E-state index in [2.05, 4.69) is 0 Å². The van der Waals surface area contributed by atoms with Crippen LogP contribution in [0, 0.1) is 13.8 Å². The van der Waals surface area contributed by atoms with E-state index in [1.54, 1.807) is 30.3 Å². The highest BCUT2D eigenvalue weighted by Crippen LogP contribution is 2.13. The SMILES string of the molecule is Cc1ccc(C)c(C(=O)OCC(=O)c2ccc(Cl)cc2)c1. The Kier molecular flexibility index (Phi) is 4.76. The first-order valence-corrected chi connectivity index (χ1v) is 6.88. The van der Waals surface area contributed by atoms with Crippen molar-refractivity contribution < 1.29 is 14.3 Å². The van der Waals surface area contributed by atoms with Crippen LogP contribution in [0.25, 0.3) is 0 Å². The predicted molar refractivity (Wildman–Crippen MR) is 82.0 cm³/mol. The Morgan fingerprint density at radius 1 is 1.05 bits per heavy atom. The number of hydrogen-bond acceptors (Lipinski definition) is 3. The highest BCUT2D eigenvalue weighted by Gasteiger charge is 2.13. The molecular weight excluding hydrogens is 288 g/mol. The molecule has 0 fully saturated rings. The lowest BCUT2D eigenvalue weighted by Crippen LogP contribution is -2.15. The summed E-state index contributed by atoms with van der Waals surface area (Å²) in [5, 5.41) is 0.555. The van der Waals surface area contributed by atoms with E-state index < -0.39 is 5.97 Å². The molecule has 2 rings (SSSR count). The summed E-state index contributed by atoms with van der Waals surface area (Å²) < 4.78 is 5.09. The lowest BCUT2D eigenvalue weighted by Gasteiger charge is -2.07. The van der Waals surface area contributed by atoms with Gasteiger partial charge in [-0.1, -0.05) is 29.3 Å². The van der Waals surface area contributed by atoms with Gasteiger partial charge in [-0.3, -0.25) is 4.79 Å². The highest BCUT2D eigenvalue weighted by molar-refractivity contribution is 6.30. The van der Waals surface area contributed by atoms with Crippen LogP contribution in [-0.2, 0) is 4.74 Å². The van der Waals surface area contributed by atoms with Crippen LogP contribution < -0.4 is 0 Å². The summed E-state index contributed by atoms with van der Waals surface area (Å²) in [7, 11) is 0. The van der Waals surface area contributed by atoms with Gasteiger partial charge < -0.3 is 4.74 Å². The van der Waals surface area contributed by atoms with E-state index in [1.165, 1.54) is 0 Å². The minimum absolute atomic E-state index is 0.259. The zero-order valence-electron chi connectivity index (χ0n) is 11.9. The topological polar surface area (TPSA) is 43.4 Å². The molecule has 4 heteroatoms. The Labute approximate surface area is 128 Å². The third-order valence-corrected chi connectivity index (χ3v) is 3.37. The van der Waals surface area contributed by atoms with Crippen LogP contribution in [0.1, 0.15) is 31.8 Å². The molecule has 0 aliphatic carbocycles. The molecule has 0 aliphatic rings. The van der Waals surface area contributed by atoms with Crippen LogP contribution in [-0.4, -0.2) is 18.4 Å². The molecule has 0 amide bonds. The maximum Gasteiger partial charge on any atom is 0.338 e. The van der Waals surface area contributed by atoms with Gasteiger partial charge >= 0.3 is 5.97 Å².